The lowest BCUT2D eigenvalue weighted by Crippen LogP contribution is -2.56. The number of methoxy groups -OCH3 is 2. The average molecular weight is 444 g/mol. The van der Waals surface area contributed by atoms with Crippen LogP contribution in [0.3, 0.4) is 0 Å². The number of esters is 1. The first-order valence-electron chi connectivity index (χ1n) is 10.0. The summed E-state index contributed by atoms with van der Waals surface area (Å²) in [6.07, 6.45) is -2.04. The van der Waals surface area contributed by atoms with E-state index >= 15 is 0 Å². The highest BCUT2D eigenvalue weighted by Crippen LogP contribution is 2.19. The van der Waals surface area contributed by atoms with Gasteiger partial charge in [-0.1, -0.05) is 48.5 Å². The van der Waals surface area contributed by atoms with E-state index in [1.807, 2.05) is 6.07 Å². The number of aliphatic hydroxyl groups excluding tert-OH is 1. The van der Waals surface area contributed by atoms with Crippen molar-refractivity contribution < 1.29 is 33.7 Å². The molecule has 2 aromatic rings. The number of carbonyl (C=O) groups excluding carboxylic acids is 3. The Morgan fingerprint density at radius 3 is 2.25 bits per heavy atom. The molecule has 2 rings (SSSR count). The van der Waals surface area contributed by atoms with E-state index in [-0.39, 0.29) is 13.0 Å². The Morgan fingerprint density at radius 1 is 0.969 bits per heavy atom. The van der Waals surface area contributed by atoms with Crippen molar-refractivity contribution in [3.63, 3.8) is 0 Å². The number of para-hydroxylation sites is 1. The van der Waals surface area contributed by atoms with Crippen LogP contribution in [0.15, 0.2) is 54.6 Å². The van der Waals surface area contributed by atoms with Gasteiger partial charge < -0.3 is 30.0 Å². The molecule has 0 heterocycles. The number of rotatable bonds is 10. The van der Waals surface area contributed by atoms with Crippen LogP contribution in [-0.4, -0.2) is 55.5 Å². The van der Waals surface area contributed by atoms with Crippen LogP contribution in [0.4, 0.5) is 4.79 Å². The molecule has 0 fully saturated rings. The van der Waals surface area contributed by atoms with Gasteiger partial charge in [0.1, 0.15) is 24.4 Å². The minimum absolute atomic E-state index is 0.000586. The normalized spacial score (nSPS) is 13.2. The van der Waals surface area contributed by atoms with Crippen molar-refractivity contribution in [3.8, 4) is 5.75 Å². The van der Waals surface area contributed by atoms with E-state index in [0.717, 1.165) is 5.56 Å². The molecule has 0 saturated carbocycles. The molecular weight excluding hydrogens is 416 g/mol. The molecule has 0 unspecified atom stereocenters. The van der Waals surface area contributed by atoms with Gasteiger partial charge >= 0.3 is 12.1 Å². The summed E-state index contributed by atoms with van der Waals surface area (Å²) in [6.45, 7) is 1.34. The summed E-state index contributed by atoms with van der Waals surface area (Å²) in [4.78, 5) is 37.2. The summed E-state index contributed by atoms with van der Waals surface area (Å²) >= 11 is 0. The molecule has 32 heavy (non-hydrogen) atoms. The Bertz CT molecular complexity index is 902. The van der Waals surface area contributed by atoms with Gasteiger partial charge in [-0.15, -0.1) is 0 Å². The van der Waals surface area contributed by atoms with Crippen LogP contribution in [0.25, 0.3) is 0 Å². The summed E-state index contributed by atoms with van der Waals surface area (Å²) in [6, 6.07) is 13.6. The van der Waals surface area contributed by atoms with Gasteiger partial charge in [0.05, 0.1) is 20.3 Å². The third-order valence-electron chi connectivity index (χ3n) is 4.67. The van der Waals surface area contributed by atoms with Crippen LogP contribution in [-0.2, 0) is 32.1 Å². The monoisotopic (exact) mass is 444 g/mol. The van der Waals surface area contributed by atoms with E-state index in [1.54, 1.807) is 48.5 Å². The standard InChI is InChI=1S/C23H28N2O7/c1-15(26)20(25-23(29)32-14-16-9-5-4-6-10-16)21(27)24-18(22(28)31-3)13-17-11-7-8-12-19(17)30-2/h4-12,15,18,20,26H,13-14H2,1-3H3,(H,24,27)(H,25,29)/t15-,18+,20+/m1/s1. The fraction of sp³-hybridized carbons (Fsp3) is 0.348. The highest BCUT2D eigenvalue weighted by atomic mass is 16.5. The van der Waals surface area contributed by atoms with Gasteiger partial charge in [-0.2, -0.15) is 0 Å². The molecule has 0 aliphatic rings. The number of alkyl carbamates (subject to hydrolysis) is 1. The van der Waals surface area contributed by atoms with Crippen molar-refractivity contribution in [2.75, 3.05) is 14.2 Å². The second kappa shape index (κ2) is 12.3. The number of hydrogen-bond acceptors (Lipinski definition) is 7. The van der Waals surface area contributed by atoms with Crippen LogP contribution in [0.2, 0.25) is 0 Å². The summed E-state index contributed by atoms with van der Waals surface area (Å²) in [7, 11) is 2.70. The highest BCUT2D eigenvalue weighted by Gasteiger charge is 2.31. The van der Waals surface area contributed by atoms with Crippen LogP contribution in [0, 0.1) is 0 Å². The largest absolute Gasteiger partial charge is 0.496 e. The van der Waals surface area contributed by atoms with Crippen molar-refractivity contribution >= 4 is 18.0 Å². The van der Waals surface area contributed by atoms with Crippen LogP contribution < -0.4 is 15.4 Å². The van der Waals surface area contributed by atoms with Gasteiger partial charge in [-0.05, 0) is 24.1 Å². The molecular formula is C23H28N2O7. The molecule has 9 heteroatoms. The van der Waals surface area contributed by atoms with Gasteiger partial charge in [-0.3, -0.25) is 4.79 Å². The molecule has 0 aliphatic heterocycles. The molecule has 0 aliphatic carbocycles. The summed E-state index contributed by atoms with van der Waals surface area (Å²) < 4.78 is 15.2. The number of aliphatic hydroxyl groups is 1. The van der Waals surface area contributed by atoms with Gasteiger partial charge in [-0.25, -0.2) is 9.59 Å². The molecule has 2 amide bonds. The molecule has 3 atom stereocenters. The van der Waals surface area contributed by atoms with Gasteiger partial charge in [0.2, 0.25) is 5.91 Å². The van der Waals surface area contributed by atoms with E-state index in [4.69, 9.17) is 14.2 Å². The Hall–Kier alpha value is -3.59. The van der Waals surface area contributed by atoms with Crippen molar-refractivity contribution in [2.45, 2.75) is 38.1 Å². The molecule has 0 bridgehead atoms. The van der Waals surface area contributed by atoms with E-state index in [2.05, 4.69) is 10.6 Å². The first-order chi connectivity index (χ1) is 15.3. The maximum absolute atomic E-state index is 12.8. The Morgan fingerprint density at radius 2 is 1.62 bits per heavy atom. The summed E-state index contributed by atoms with van der Waals surface area (Å²) in [5.74, 6) is -0.896. The molecule has 2 aromatic carbocycles. The lowest BCUT2D eigenvalue weighted by Gasteiger charge is -2.24. The fourth-order valence-corrected chi connectivity index (χ4v) is 2.99. The maximum atomic E-state index is 12.8. The molecule has 172 valence electrons. The topological polar surface area (TPSA) is 123 Å². The molecule has 0 saturated heterocycles. The molecule has 3 N–H and O–H groups in total. The lowest BCUT2D eigenvalue weighted by molar-refractivity contribution is -0.145. The Kier molecular flexibility index (Phi) is 9.49. The quantitative estimate of drug-likeness (QED) is 0.475. The smallest absolute Gasteiger partial charge is 0.408 e. The van der Waals surface area contributed by atoms with Crippen molar-refractivity contribution in [2.24, 2.45) is 0 Å². The highest BCUT2D eigenvalue weighted by molar-refractivity contribution is 5.90. The number of amides is 2. The lowest BCUT2D eigenvalue weighted by atomic mass is 10.0. The third-order valence-corrected chi connectivity index (χ3v) is 4.67. The van der Waals surface area contributed by atoms with E-state index < -0.39 is 36.2 Å². The van der Waals surface area contributed by atoms with Crippen molar-refractivity contribution in [1.29, 1.82) is 0 Å². The predicted octanol–water partition coefficient (Wildman–Crippen LogP) is 1.57. The summed E-state index contributed by atoms with van der Waals surface area (Å²) in [5, 5.41) is 14.9. The molecule has 9 nitrogen and oxygen atoms in total. The molecule has 0 spiro atoms. The zero-order valence-electron chi connectivity index (χ0n) is 18.2. The van der Waals surface area contributed by atoms with Crippen molar-refractivity contribution in [1.82, 2.24) is 10.6 Å². The number of nitrogens with one attached hydrogen (secondary N) is 2. The van der Waals surface area contributed by atoms with Crippen LogP contribution in [0.1, 0.15) is 18.1 Å². The fourth-order valence-electron chi connectivity index (χ4n) is 2.99. The van der Waals surface area contributed by atoms with Crippen LogP contribution >= 0.6 is 0 Å². The SMILES string of the molecule is COC(=O)[C@H](Cc1ccccc1OC)NC(=O)[C@@H](NC(=O)OCc1ccccc1)[C@@H](C)O. The summed E-state index contributed by atoms with van der Waals surface area (Å²) in [5.41, 5.74) is 1.44. The first-order valence-corrected chi connectivity index (χ1v) is 10.0. The first kappa shape index (κ1) is 24.7. The Labute approximate surface area is 186 Å². The zero-order chi connectivity index (χ0) is 23.5. The third kappa shape index (κ3) is 7.28. The number of benzene rings is 2. The minimum atomic E-state index is -1.34. The second-order valence-corrected chi connectivity index (χ2v) is 7.02. The van der Waals surface area contributed by atoms with Crippen LogP contribution in [0.5, 0.6) is 5.75 Å². The number of carbonyl (C=O) groups is 3. The zero-order valence-corrected chi connectivity index (χ0v) is 18.2. The van der Waals surface area contributed by atoms with E-state index in [1.165, 1.54) is 21.1 Å². The Balaban J connectivity index is 2.05. The van der Waals surface area contributed by atoms with Crippen molar-refractivity contribution in [3.05, 3.63) is 65.7 Å². The van der Waals surface area contributed by atoms with Gasteiger partial charge in [0.15, 0.2) is 0 Å². The van der Waals surface area contributed by atoms with Gasteiger partial charge in [0, 0.05) is 6.42 Å². The number of hydrogen-bond donors (Lipinski definition) is 3. The second-order valence-electron chi connectivity index (χ2n) is 7.02. The molecule has 0 radical (unpaired) electrons. The number of ether oxygens (including phenoxy) is 3. The maximum Gasteiger partial charge on any atom is 0.408 e. The van der Waals surface area contributed by atoms with E-state index in [0.29, 0.717) is 11.3 Å². The van der Waals surface area contributed by atoms with E-state index in [9.17, 15) is 19.5 Å². The van der Waals surface area contributed by atoms with Gasteiger partial charge in [0.25, 0.3) is 0 Å². The average Bonchev–Trinajstić information content (AvgIpc) is 2.80. The predicted molar refractivity (Wildman–Crippen MR) is 116 cm³/mol. The minimum Gasteiger partial charge on any atom is -0.496 e. The molecule has 0 aromatic heterocycles.